The maximum absolute atomic E-state index is 10.3. The van der Waals surface area contributed by atoms with E-state index >= 15 is 0 Å². The van der Waals surface area contributed by atoms with Crippen molar-refractivity contribution < 1.29 is 19.4 Å². The summed E-state index contributed by atoms with van der Waals surface area (Å²) >= 11 is 0. The van der Waals surface area contributed by atoms with E-state index in [1.807, 2.05) is 13.8 Å². The van der Waals surface area contributed by atoms with Crippen molar-refractivity contribution in [3.63, 3.8) is 0 Å². The molecule has 1 aromatic heterocycles. The molecule has 2 N–H and O–H groups in total. The molecule has 1 rings (SSSR count). The summed E-state index contributed by atoms with van der Waals surface area (Å²) in [5.74, 6) is -0.936. The van der Waals surface area contributed by atoms with Gasteiger partial charge in [-0.3, -0.25) is 4.79 Å². The van der Waals surface area contributed by atoms with Crippen LogP contribution in [0.25, 0.3) is 0 Å². The molecule has 126 valence electrons. The Morgan fingerprint density at radius 2 is 1.45 bits per heavy atom. The highest BCUT2D eigenvalue weighted by Crippen LogP contribution is 2.11. The largest absolute Gasteiger partial charge is 0.480 e. The van der Waals surface area contributed by atoms with E-state index in [-0.39, 0.29) is 24.5 Å². The predicted octanol–water partition coefficient (Wildman–Crippen LogP) is 2.08. The van der Waals surface area contributed by atoms with Gasteiger partial charge in [-0.1, -0.05) is 34.1 Å². The second-order valence-electron chi connectivity index (χ2n) is 3.09. The van der Waals surface area contributed by atoms with Crippen LogP contribution in [-0.2, 0) is 4.79 Å². The summed E-state index contributed by atoms with van der Waals surface area (Å²) in [5, 5.41) is 10.9. The number of carboxylic acids is 1. The molecule has 0 aliphatic carbocycles. The van der Waals surface area contributed by atoms with Crippen LogP contribution in [0.15, 0.2) is 0 Å². The minimum atomic E-state index is -1.02. The normalized spacial score (nSPS) is 7.64. The van der Waals surface area contributed by atoms with Crippen molar-refractivity contribution in [3.8, 4) is 24.9 Å². The van der Waals surface area contributed by atoms with Crippen LogP contribution in [0, 0.1) is 12.8 Å². The van der Waals surface area contributed by atoms with Crippen LogP contribution < -0.4 is 14.8 Å². The van der Waals surface area contributed by atoms with Gasteiger partial charge in [0.1, 0.15) is 6.54 Å². The quantitative estimate of drug-likeness (QED) is 0.796. The second kappa shape index (κ2) is 18.4. The molecule has 0 aromatic carbocycles. The standard InChI is InChI=1S/C7H10N4O4.C3H8.C2H6.C2H2/c1-14-6-9-5(8-3-4(12)13)10-7(11-6)15-2;1-3-2;2*1-2/h3H2,1-2H3,(H,12,13)(H,8,9,10,11);3H2,1-2H3;1-2H3;1-2H. The van der Waals surface area contributed by atoms with Crippen LogP contribution in [-0.4, -0.2) is 46.8 Å². The Hall–Kier alpha value is -2.56. The number of methoxy groups -OCH3 is 2. The molecule has 0 spiro atoms. The Balaban J connectivity index is -0.000000446. The fourth-order valence-corrected chi connectivity index (χ4v) is 0.754. The molecule has 0 aliphatic rings. The highest BCUT2D eigenvalue weighted by atomic mass is 16.5. The van der Waals surface area contributed by atoms with Crippen molar-refractivity contribution >= 4 is 11.9 Å². The molecular formula is C14H26N4O4. The lowest BCUT2D eigenvalue weighted by Crippen LogP contribution is -2.15. The SMILES string of the molecule is C#C.CC.CCC.COc1nc(NCC(=O)O)nc(OC)n1. The monoisotopic (exact) mass is 314 g/mol. The van der Waals surface area contributed by atoms with Crippen molar-refractivity contribution in [3.05, 3.63) is 0 Å². The van der Waals surface area contributed by atoms with Crippen molar-refractivity contribution in [1.29, 1.82) is 0 Å². The summed E-state index contributed by atoms with van der Waals surface area (Å²) in [7, 11) is 2.77. The number of rotatable bonds is 5. The maximum atomic E-state index is 10.3. The molecule has 22 heavy (non-hydrogen) atoms. The molecule has 0 saturated heterocycles. The number of aliphatic carboxylic acids is 1. The second-order valence-corrected chi connectivity index (χ2v) is 3.09. The summed E-state index contributed by atoms with van der Waals surface area (Å²) in [6, 6.07) is 0.101. The molecule has 8 heteroatoms. The minimum Gasteiger partial charge on any atom is -0.480 e. The average molecular weight is 314 g/mol. The van der Waals surface area contributed by atoms with Gasteiger partial charge < -0.3 is 19.9 Å². The molecule has 0 bridgehead atoms. The van der Waals surface area contributed by atoms with Gasteiger partial charge in [0.05, 0.1) is 14.2 Å². The maximum Gasteiger partial charge on any atom is 0.324 e. The Morgan fingerprint density at radius 1 is 1.09 bits per heavy atom. The van der Waals surface area contributed by atoms with Gasteiger partial charge in [-0.15, -0.1) is 17.8 Å². The molecule has 1 aromatic rings. The van der Waals surface area contributed by atoms with Gasteiger partial charge in [-0.25, -0.2) is 0 Å². The van der Waals surface area contributed by atoms with Crippen LogP contribution in [0.3, 0.4) is 0 Å². The van der Waals surface area contributed by atoms with E-state index in [1.54, 1.807) is 0 Å². The molecule has 0 unspecified atom stereocenters. The van der Waals surface area contributed by atoms with E-state index in [2.05, 4.69) is 47.0 Å². The number of terminal acetylenes is 1. The minimum absolute atomic E-state index is 0.0507. The van der Waals surface area contributed by atoms with Gasteiger partial charge in [0.25, 0.3) is 0 Å². The van der Waals surface area contributed by atoms with Crippen LogP contribution in [0.2, 0.25) is 0 Å². The number of aromatic nitrogens is 3. The Morgan fingerprint density at radius 3 is 1.73 bits per heavy atom. The number of carboxylic acid groups (broad SMARTS) is 1. The van der Waals surface area contributed by atoms with Gasteiger partial charge in [0, 0.05) is 0 Å². The third-order valence-electron chi connectivity index (χ3n) is 1.36. The molecule has 0 fully saturated rings. The number of nitrogens with one attached hydrogen (secondary N) is 1. The first-order valence-corrected chi connectivity index (χ1v) is 6.70. The van der Waals surface area contributed by atoms with E-state index in [9.17, 15) is 4.79 Å². The number of hydrogen-bond donors (Lipinski definition) is 2. The highest BCUT2D eigenvalue weighted by Gasteiger charge is 2.07. The van der Waals surface area contributed by atoms with E-state index in [0.717, 1.165) is 0 Å². The summed E-state index contributed by atoms with van der Waals surface area (Å²) < 4.78 is 9.55. The van der Waals surface area contributed by atoms with Crippen LogP contribution >= 0.6 is 0 Å². The van der Waals surface area contributed by atoms with E-state index in [0.29, 0.717) is 0 Å². The van der Waals surface area contributed by atoms with Crippen LogP contribution in [0.5, 0.6) is 12.0 Å². The molecule has 0 amide bonds. The topological polar surface area (TPSA) is 106 Å². The van der Waals surface area contributed by atoms with Gasteiger partial charge in [0.15, 0.2) is 0 Å². The number of nitrogens with zero attached hydrogens (tertiary/aromatic N) is 3. The zero-order valence-corrected chi connectivity index (χ0v) is 14.1. The molecule has 0 atom stereocenters. The Bertz CT molecular complexity index is 389. The molecular weight excluding hydrogens is 288 g/mol. The fraction of sp³-hybridized carbons (Fsp3) is 0.571. The lowest BCUT2D eigenvalue weighted by molar-refractivity contribution is -0.134. The summed E-state index contributed by atoms with van der Waals surface area (Å²) in [6.45, 7) is 7.95. The first-order chi connectivity index (χ1) is 10.6. The smallest absolute Gasteiger partial charge is 0.324 e. The third kappa shape index (κ3) is 13.9. The third-order valence-corrected chi connectivity index (χ3v) is 1.36. The van der Waals surface area contributed by atoms with Crippen molar-refractivity contribution in [2.24, 2.45) is 0 Å². The zero-order chi connectivity index (χ0) is 18.0. The lowest BCUT2D eigenvalue weighted by Gasteiger charge is -2.05. The number of anilines is 1. The van der Waals surface area contributed by atoms with Crippen molar-refractivity contribution in [1.82, 2.24) is 15.0 Å². The Kier molecular flexibility index (Phi) is 20.5. The number of hydrogen-bond acceptors (Lipinski definition) is 7. The van der Waals surface area contributed by atoms with Gasteiger partial charge >= 0.3 is 18.0 Å². The average Bonchev–Trinajstić information content (AvgIpc) is 2.57. The molecule has 0 saturated carbocycles. The first kappa shape index (κ1) is 24.5. The zero-order valence-electron chi connectivity index (χ0n) is 14.1. The van der Waals surface area contributed by atoms with E-state index in [1.165, 1.54) is 20.6 Å². The first-order valence-electron chi connectivity index (χ1n) is 6.70. The van der Waals surface area contributed by atoms with Crippen LogP contribution in [0.4, 0.5) is 5.95 Å². The fourth-order valence-electron chi connectivity index (χ4n) is 0.754. The van der Waals surface area contributed by atoms with E-state index in [4.69, 9.17) is 14.6 Å². The van der Waals surface area contributed by atoms with Gasteiger partial charge in [-0.2, -0.15) is 9.97 Å². The van der Waals surface area contributed by atoms with Gasteiger partial charge in [0.2, 0.25) is 5.95 Å². The highest BCUT2D eigenvalue weighted by molar-refractivity contribution is 5.71. The van der Waals surface area contributed by atoms with Crippen molar-refractivity contribution in [2.75, 3.05) is 26.1 Å². The van der Waals surface area contributed by atoms with E-state index < -0.39 is 5.97 Å². The van der Waals surface area contributed by atoms with Gasteiger partial charge in [-0.05, 0) is 0 Å². The lowest BCUT2D eigenvalue weighted by atomic mass is 10.6. The predicted molar refractivity (Wildman–Crippen MR) is 86.3 cm³/mol. The molecule has 8 nitrogen and oxygen atoms in total. The summed E-state index contributed by atoms with van der Waals surface area (Å²) in [6.07, 6.45) is 9.25. The molecule has 0 aliphatic heterocycles. The van der Waals surface area contributed by atoms with Crippen molar-refractivity contribution in [2.45, 2.75) is 34.1 Å². The molecule has 1 heterocycles. The summed E-state index contributed by atoms with van der Waals surface area (Å²) in [4.78, 5) is 21.6. The summed E-state index contributed by atoms with van der Waals surface area (Å²) in [5.41, 5.74) is 0. The number of ether oxygens (including phenoxy) is 2. The Labute approximate surface area is 132 Å². The molecule has 0 radical (unpaired) electrons. The van der Waals surface area contributed by atoms with Crippen LogP contribution in [0.1, 0.15) is 34.1 Å². The number of carbonyl (C=O) groups is 1.